The summed E-state index contributed by atoms with van der Waals surface area (Å²) in [6.07, 6.45) is 0.455. The second-order valence-corrected chi connectivity index (χ2v) is 6.38. The van der Waals surface area contributed by atoms with Crippen molar-refractivity contribution < 1.29 is 9.90 Å². The SMILES string of the molecule is O=C(O)[C@H](Cc1ccccc1)NCCNc1cc(Cl)ccc1Br. The summed E-state index contributed by atoms with van der Waals surface area (Å²) in [5.74, 6) is -0.849. The number of carboxylic acid groups (broad SMARTS) is 1. The second kappa shape index (κ2) is 8.91. The van der Waals surface area contributed by atoms with E-state index in [9.17, 15) is 9.90 Å². The summed E-state index contributed by atoms with van der Waals surface area (Å²) in [4.78, 5) is 11.4. The molecular formula is C17H18BrClN2O2. The van der Waals surface area contributed by atoms with Crippen LogP contribution in [0.3, 0.4) is 0 Å². The molecular weight excluding hydrogens is 380 g/mol. The lowest BCUT2D eigenvalue weighted by Gasteiger charge is -2.15. The Bertz CT molecular complexity index is 652. The van der Waals surface area contributed by atoms with Gasteiger partial charge in [-0.25, -0.2) is 0 Å². The molecule has 0 fully saturated rings. The molecule has 0 amide bonds. The summed E-state index contributed by atoms with van der Waals surface area (Å²) in [6.45, 7) is 1.13. The molecule has 0 bridgehead atoms. The Kier molecular flexibility index (Phi) is 6.89. The monoisotopic (exact) mass is 396 g/mol. The maximum Gasteiger partial charge on any atom is 0.321 e. The van der Waals surface area contributed by atoms with Gasteiger partial charge in [0.2, 0.25) is 0 Å². The van der Waals surface area contributed by atoms with Crippen LogP contribution >= 0.6 is 27.5 Å². The van der Waals surface area contributed by atoms with Crippen LogP contribution in [0.1, 0.15) is 5.56 Å². The van der Waals surface area contributed by atoms with E-state index in [1.165, 1.54) is 0 Å². The van der Waals surface area contributed by atoms with Crippen molar-refractivity contribution in [2.45, 2.75) is 12.5 Å². The summed E-state index contributed by atoms with van der Waals surface area (Å²) in [7, 11) is 0. The van der Waals surface area contributed by atoms with Crippen molar-refractivity contribution in [2.75, 3.05) is 18.4 Å². The van der Waals surface area contributed by atoms with Gasteiger partial charge in [0, 0.05) is 28.3 Å². The van der Waals surface area contributed by atoms with Gasteiger partial charge in [-0.3, -0.25) is 4.79 Å². The first-order chi connectivity index (χ1) is 11.1. The highest BCUT2D eigenvalue weighted by molar-refractivity contribution is 9.10. The minimum absolute atomic E-state index is 0.455. The largest absolute Gasteiger partial charge is 0.480 e. The van der Waals surface area contributed by atoms with Gasteiger partial charge in [0.1, 0.15) is 6.04 Å². The average molecular weight is 398 g/mol. The van der Waals surface area contributed by atoms with Crippen molar-refractivity contribution in [1.29, 1.82) is 0 Å². The summed E-state index contributed by atoms with van der Waals surface area (Å²) < 4.78 is 0.918. The fraction of sp³-hybridized carbons (Fsp3) is 0.235. The van der Waals surface area contributed by atoms with E-state index in [-0.39, 0.29) is 0 Å². The smallest absolute Gasteiger partial charge is 0.321 e. The second-order valence-electron chi connectivity index (χ2n) is 5.09. The van der Waals surface area contributed by atoms with E-state index in [4.69, 9.17) is 11.6 Å². The predicted octanol–water partition coefficient (Wildman–Crippen LogP) is 3.80. The molecule has 0 aromatic heterocycles. The zero-order valence-electron chi connectivity index (χ0n) is 12.4. The molecule has 0 aliphatic rings. The number of hydrogen-bond acceptors (Lipinski definition) is 3. The minimum Gasteiger partial charge on any atom is -0.480 e. The van der Waals surface area contributed by atoms with Gasteiger partial charge in [-0.2, -0.15) is 0 Å². The molecule has 0 saturated carbocycles. The van der Waals surface area contributed by atoms with Crippen LogP contribution in [0.5, 0.6) is 0 Å². The van der Waals surface area contributed by atoms with Gasteiger partial charge in [0.05, 0.1) is 0 Å². The van der Waals surface area contributed by atoms with E-state index in [0.29, 0.717) is 24.5 Å². The molecule has 0 spiro atoms. The van der Waals surface area contributed by atoms with E-state index in [0.717, 1.165) is 15.7 Å². The molecule has 2 aromatic carbocycles. The van der Waals surface area contributed by atoms with E-state index >= 15 is 0 Å². The van der Waals surface area contributed by atoms with Crippen LogP contribution in [-0.4, -0.2) is 30.2 Å². The van der Waals surface area contributed by atoms with Crippen molar-refractivity contribution in [3.63, 3.8) is 0 Å². The standard InChI is InChI=1S/C17H18BrClN2O2/c18-14-7-6-13(19)11-15(14)20-8-9-21-16(17(22)23)10-12-4-2-1-3-5-12/h1-7,11,16,20-21H,8-10H2,(H,22,23)/t16-/m0/s1. The van der Waals surface area contributed by atoms with Gasteiger partial charge < -0.3 is 15.7 Å². The lowest BCUT2D eigenvalue weighted by molar-refractivity contribution is -0.139. The molecule has 2 rings (SSSR count). The fourth-order valence-electron chi connectivity index (χ4n) is 2.17. The maximum atomic E-state index is 11.4. The van der Waals surface area contributed by atoms with Crippen molar-refractivity contribution in [3.8, 4) is 0 Å². The van der Waals surface area contributed by atoms with E-state index in [1.54, 1.807) is 6.07 Å². The number of carbonyl (C=O) groups is 1. The fourth-order valence-corrected chi connectivity index (χ4v) is 2.73. The van der Waals surface area contributed by atoms with Crippen molar-refractivity contribution in [2.24, 2.45) is 0 Å². The Morgan fingerprint density at radius 1 is 1.17 bits per heavy atom. The topological polar surface area (TPSA) is 61.4 Å². The molecule has 3 N–H and O–H groups in total. The van der Waals surface area contributed by atoms with Gasteiger partial charge >= 0.3 is 5.97 Å². The van der Waals surface area contributed by atoms with Crippen LogP contribution in [-0.2, 0) is 11.2 Å². The predicted molar refractivity (Wildman–Crippen MR) is 97.2 cm³/mol. The van der Waals surface area contributed by atoms with Crippen molar-refractivity contribution >= 4 is 39.2 Å². The van der Waals surface area contributed by atoms with Gasteiger partial charge in [-0.1, -0.05) is 41.9 Å². The molecule has 2 aromatic rings. The first kappa shape index (κ1) is 17.8. The zero-order chi connectivity index (χ0) is 16.7. The molecule has 0 heterocycles. The van der Waals surface area contributed by atoms with Crippen molar-refractivity contribution in [1.82, 2.24) is 5.32 Å². The summed E-state index contributed by atoms with van der Waals surface area (Å²) in [6, 6.07) is 14.5. The van der Waals surface area contributed by atoms with Gasteiger partial charge in [-0.05, 0) is 46.1 Å². The first-order valence-electron chi connectivity index (χ1n) is 7.25. The lowest BCUT2D eigenvalue weighted by Crippen LogP contribution is -2.40. The molecule has 0 unspecified atom stereocenters. The first-order valence-corrected chi connectivity index (χ1v) is 8.42. The highest BCUT2D eigenvalue weighted by Gasteiger charge is 2.16. The van der Waals surface area contributed by atoms with Gasteiger partial charge in [0.25, 0.3) is 0 Å². The molecule has 0 saturated heterocycles. The Morgan fingerprint density at radius 3 is 2.61 bits per heavy atom. The Morgan fingerprint density at radius 2 is 1.91 bits per heavy atom. The molecule has 0 aliphatic heterocycles. The van der Waals surface area contributed by atoms with Gasteiger partial charge in [-0.15, -0.1) is 0 Å². The van der Waals surface area contributed by atoms with Crippen LogP contribution in [0, 0.1) is 0 Å². The van der Waals surface area contributed by atoms with Crippen LogP contribution in [0.2, 0.25) is 5.02 Å². The van der Waals surface area contributed by atoms with Crippen LogP contribution in [0.4, 0.5) is 5.69 Å². The Balaban J connectivity index is 1.83. The number of halogens is 2. The maximum absolute atomic E-state index is 11.4. The molecule has 0 aliphatic carbocycles. The van der Waals surface area contributed by atoms with Crippen LogP contribution in [0.25, 0.3) is 0 Å². The summed E-state index contributed by atoms with van der Waals surface area (Å²) in [5, 5.41) is 16.3. The average Bonchev–Trinajstić information content (AvgIpc) is 2.54. The quantitative estimate of drug-likeness (QED) is 0.593. The zero-order valence-corrected chi connectivity index (χ0v) is 14.8. The van der Waals surface area contributed by atoms with Crippen molar-refractivity contribution in [3.05, 3.63) is 63.6 Å². The number of anilines is 1. The normalized spacial score (nSPS) is 11.9. The third-order valence-corrected chi connectivity index (χ3v) is 4.27. The number of nitrogens with one attached hydrogen (secondary N) is 2. The Labute approximate surface area is 149 Å². The summed E-state index contributed by atoms with van der Waals surface area (Å²) in [5.41, 5.74) is 1.88. The molecule has 122 valence electrons. The van der Waals surface area contributed by atoms with E-state index < -0.39 is 12.0 Å². The number of rotatable bonds is 8. The molecule has 6 heteroatoms. The third-order valence-electron chi connectivity index (χ3n) is 3.34. The lowest BCUT2D eigenvalue weighted by atomic mass is 10.1. The van der Waals surface area contributed by atoms with Gasteiger partial charge in [0.15, 0.2) is 0 Å². The number of carboxylic acids is 1. The Hall–Kier alpha value is -1.56. The third kappa shape index (κ3) is 5.86. The highest BCUT2D eigenvalue weighted by atomic mass is 79.9. The van der Waals surface area contributed by atoms with Crippen LogP contribution < -0.4 is 10.6 Å². The number of benzene rings is 2. The molecule has 4 nitrogen and oxygen atoms in total. The number of aliphatic carboxylic acids is 1. The minimum atomic E-state index is -0.849. The molecule has 0 radical (unpaired) electrons. The summed E-state index contributed by atoms with van der Waals surface area (Å²) >= 11 is 9.40. The van der Waals surface area contributed by atoms with Crippen LogP contribution in [0.15, 0.2) is 53.0 Å². The number of hydrogen-bond donors (Lipinski definition) is 3. The van der Waals surface area contributed by atoms with E-state index in [2.05, 4.69) is 26.6 Å². The van der Waals surface area contributed by atoms with E-state index in [1.807, 2.05) is 42.5 Å². The highest BCUT2D eigenvalue weighted by Crippen LogP contribution is 2.25. The molecule has 23 heavy (non-hydrogen) atoms. The molecule has 1 atom stereocenters.